The van der Waals surface area contributed by atoms with Gasteiger partial charge in [-0.1, -0.05) is 63.3 Å². The van der Waals surface area contributed by atoms with Gasteiger partial charge in [0.1, 0.15) is 0 Å². The molecule has 1 radical (unpaired) electrons. The Morgan fingerprint density at radius 1 is 1.00 bits per heavy atom. The molecule has 1 unspecified atom stereocenters. The van der Waals surface area contributed by atoms with Crippen molar-refractivity contribution in [3.8, 4) is 0 Å². The van der Waals surface area contributed by atoms with Crippen LogP contribution in [-0.4, -0.2) is 0 Å². The summed E-state index contributed by atoms with van der Waals surface area (Å²) < 4.78 is 0. The lowest BCUT2D eigenvalue weighted by atomic mass is 10.0. The zero-order valence-corrected chi connectivity index (χ0v) is 11.1. The summed E-state index contributed by atoms with van der Waals surface area (Å²) in [6.45, 7) is 6.08. The van der Waals surface area contributed by atoms with E-state index in [0.717, 1.165) is 5.56 Å². The maximum Gasteiger partial charge on any atom is 0.0295 e. The number of aryl methyl sites for hydroxylation is 1. The Morgan fingerprint density at radius 2 is 1.59 bits per heavy atom. The van der Waals surface area contributed by atoms with Crippen LogP contribution in [-0.2, 0) is 6.42 Å². The van der Waals surface area contributed by atoms with Crippen molar-refractivity contribution in [2.24, 2.45) is 5.73 Å². The van der Waals surface area contributed by atoms with Crippen LogP contribution in [0, 0.1) is 6.92 Å². The molecule has 1 atom stereocenters. The van der Waals surface area contributed by atoms with Crippen molar-refractivity contribution >= 4 is 0 Å². The minimum Gasteiger partial charge on any atom is -0.324 e. The zero-order chi connectivity index (χ0) is 12.5. The van der Waals surface area contributed by atoms with Crippen molar-refractivity contribution in [3.05, 3.63) is 42.3 Å². The van der Waals surface area contributed by atoms with Gasteiger partial charge >= 0.3 is 0 Å². The largest absolute Gasteiger partial charge is 0.324 e. The Labute approximate surface area is 106 Å². The Hall–Kier alpha value is -0.820. The molecule has 1 rings (SSSR count). The molecule has 0 aromatic heterocycles. The molecule has 0 amide bonds. The van der Waals surface area contributed by atoms with Gasteiger partial charge in [0.15, 0.2) is 0 Å². The first kappa shape index (κ1) is 14.2. The first-order chi connectivity index (χ1) is 8.24. The van der Waals surface area contributed by atoms with E-state index in [1.807, 2.05) is 0 Å². The molecule has 1 aromatic rings. The SMILES string of the molecule is [CH2]C(N)c1ccc(CCCCCCCC)cc1. The van der Waals surface area contributed by atoms with E-state index in [-0.39, 0.29) is 6.04 Å². The van der Waals surface area contributed by atoms with Crippen LogP contribution in [0.1, 0.15) is 62.6 Å². The summed E-state index contributed by atoms with van der Waals surface area (Å²) in [4.78, 5) is 0. The van der Waals surface area contributed by atoms with Gasteiger partial charge in [-0.05, 0) is 30.9 Å². The quantitative estimate of drug-likeness (QED) is 0.659. The molecule has 1 heteroatoms. The van der Waals surface area contributed by atoms with Crippen LogP contribution < -0.4 is 5.73 Å². The third-order valence-electron chi connectivity index (χ3n) is 3.23. The molecule has 95 valence electrons. The van der Waals surface area contributed by atoms with Gasteiger partial charge in [-0.2, -0.15) is 0 Å². The average Bonchev–Trinajstić information content (AvgIpc) is 2.34. The molecule has 1 nitrogen and oxygen atoms in total. The van der Waals surface area contributed by atoms with E-state index in [4.69, 9.17) is 5.73 Å². The lowest BCUT2D eigenvalue weighted by Gasteiger charge is -2.07. The molecular weight excluding hydrogens is 206 g/mol. The van der Waals surface area contributed by atoms with Crippen LogP contribution in [0.4, 0.5) is 0 Å². The molecule has 0 spiro atoms. The van der Waals surface area contributed by atoms with Crippen molar-refractivity contribution in [1.82, 2.24) is 0 Å². The summed E-state index contributed by atoms with van der Waals surface area (Å²) in [6.07, 6.45) is 9.35. The van der Waals surface area contributed by atoms with E-state index in [1.54, 1.807) is 0 Å². The topological polar surface area (TPSA) is 26.0 Å². The second kappa shape index (κ2) is 8.30. The predicted octanol–water partition coefficient (Wildman–Crippen LogP) is 4.42. The molecular formula is C16H26N. The van der Waals surface area contributed by atoms with Gasteiger partial charge in [0.25, 0.3) is 0 Å². The highest BCUT2D eigenvalue weighted by Gasteiger charge is 1.99. The van der Waals surface area contributed by atoms with Gasteiger partial charge in [-0.3, -0.25) is 0 Å². The Morgan fingerprint density at radius 3 is 2.18 bits per heavy atom. The second-order valence-electron chi connectivity index (χ2n) is 4.87. The summed E-state index contributed by atoms with van der Waals surface area (Å²) >= 11 is 0. The molecule has 0 aliphatic heterocycles. The highest BCUT2D eigenvalue weighted by molar-refractivity contribution is 5.25. The van der Waals surface area contributed by atoms with E-state index < -0.39 is 0 Å². The van der Waals surface area contributed by atoms with E-state index in [1.165, 1.54) is 50.5 Å². The van der Waals surface area contributed by atoms with Crippen LogP contribution >= 0.6 is 0 Å². The number of hydrogen-bond donors (Lipinski definition) is 1. The molecule has 0 saturated carbocycles. The minimum absolute atomic E-state index is 0.0990. The Bertz CT molecular complexity index is 287. The van der Waals surface area contributed by atoms with E-state index in [0.29, 0.717) is 0 Å². The van der Waals surface area contributed by atoms with Crippen LogP contribution in [0.25, 0.3) is 0 Å². The van der Waals surface area contributed by atoms with E-state index in [9.17, 15) is 0 Å². The summed E-state index contributed by atoms with van der Waals surface area (Å²) in [5.41, 5.74) is 8.26. The van der Waals surface area contributed by atoms with Crippen molar-refractivity contribution in [2.45, 2.75) is 57.9 Å². The molecule has 0 saturated heterocycles. The van der Waals surface area contributed by atoms with Gasteiger partial charge in [0.05, 0.1) is 0 Å². The van der Waals surface area contributed by atoms with Gasteiger partial charge < -0.3 is 5.73 Å². The fourth-order valence-electron chi connectivity index (χ4n) is 2.04. The lowest BCUT2D eigenvalue weighted by Crippen LogP contribution is -2.04. The number of hydrogen-bond acceptors (Lipinski definition) is 1. The van der Waals surface area contributed by atoms with Crippen molar-refractivity contribution < 1.29 is 0 Å². The molecule has 17 heavy (non-hydrogen) atoms. The highest BCUT2D eigenvalue weighted by atomic mass is 14.6. The standard InChI is InChI=1S/C16H26N/c1-3-4-5-6-7-8-9-15-10-12-16(13-11-15)14(2)17/h10-14H,2-9,17H2,1H3. The normalized spacial score (nSPS) is 12.6. The Balaban J connectivity index is 2.19. The number of unbranched alkanes of at least 4 members (excludes halogenated alkanes) is 5. The highest BCUT2D eigenvalue weighted by Crippen LogP contribution is 2.13. The smallest absolute Gasteiger partial charge is 0.0295 e. The van der Waals surface area contributed by atoms with Crippen molar-refractivity contribution in [1.29, 1.82) is 0 Å². The summed E-state index contributed by atoms with van der Waals surface area (Å²) in [7, 11) is 0. The number of nitrogens with two attached hydrogens (primary N) is 1. The van der Waals surface area contributed by atoms with Crippen molar-refractivity contribution in [3.63, 3.8) is 0 Å². The fraction of sp³-hybridized carbons (Fsp3) is 0.562. The molecule has 0 aliphatic carbocycles. The number of rotatable bonds is 8. The lowest BCUT2D eigenvalue weighted by molar-refractivity contribution is 0.607. The van der Waals surface area contributed by atoms with E-state index >= 15 is 0 Å². The summed E-state index contributed by atoms with van der Waals surface area (Å²) in [6, 6.07) is 8.48. The van der Waals surface area contributed by atoms with E-state index in [2.05, 4.69) is 38.1 Å². The summed E-state index contributed by atoms with van der Waals surface area (Å²) in [5, 5.41) is 0. The monoisotopic (exact) mass is 232 g/mol. The average molecular weight is 232 g/mol. The van der Waals surface area contributed by atoms with Crippen LogP contribution in [0.5, 0.6) is 0 Å². The maximum atomic E-state index is 5.72. The van der Waals surface area contributed by atoms with Crippen LogP contribution in [0.2, 0.25) is 0 Å². The predicted molar refractivity (Wildman–Crippen MR) is 75.8 cm³/mol. The third-order valence-corrected chi connectivity index (χ3v) is 3.23. The maximum absolute atomic E-state index is 5.72. The van der Waals surface area contributed by atoms with Gasteiger partial charge in [-0.25, -0.2) is 0 Å². The molecule has 0 heterocycles. The minimum atomic E-state index is -0.0990. The van der Waals surface area contributed by atoms with Crippen LogP contribution in [0.3, 0.4) is 0 Å². The van der Waals surface area contributed by atoms with Gasteiger partial charge in [-0.15, -0.1) is 0 Å². The number of benzene rings is 1. The summed E-state index contributed by atoms with van der Waals surface area (Å²) in [5.74, 6) is 0. The Kier molecular flexibility index (Phi) is 6.95. The zero-order valence-electron chi connectivity index (χ0n) is 11.1. The van der Waals surface area contributed by atoms with Gasteiger partial charge in [0.2, 0.25) is 0 Å². The molecule has 0 fully saturated rings. The van der Waals surface area contributed by atoms with Gasteiger partial charge in [0, 0.05) is 6.04 Å². The third kappa shape index (κ3) is 5.88. The molecule has 0 bridgehead atoms. The molecule has 2 N–H and O–H groups in total. The molecule has 1 aromatic carbocycles. The van der Waals surface area contributed by atoms with Crippen LogP contribution in [0.15, 0.2) is 24.3 Å². The molecule has 0 aliphatic rings. The first-order valence-electron chi connectivity index (χ1n) is 6.91. The first-order valence-corrected chi connectivity index (χ1v) is 6.91. The van der Waals surface area contributed by atoms with Crippen molar-refractivity contribution in [2.75, 3.05) is 0 Å². The fourth-order valence-corrected chi connectivity index (χ4v) is 2.04. The second-order valence-corrected chi connectivity index (χ2v) is 4.87.